The zero-order chi connectivity index (χ0) is 10.7. The van der Waals surface area contributed by atoms with Crippen molar-refractivity contribution in [3.63, 3.8) is 0 Å². The molecular weight excluding hydrogens is 210 g/mol. The van der Waals surface area contributed by atoms with Gasteiger partial charge in [-0.15, -0.1) is 10.2 Å². The fourth-order valence-electron chi connectivity index (χ4n) is 1.09. The fourth-order valence-corrected chi connectivity index (χ4v) is 1.86. The van der Waals surface area contributed by atoms with Crippen LogP contribution in [0.1, 0.15) is 5.69 Å². The molecule has 0 aliphatic carbocycles. The van der Waals surface area contributed by atoms with E-state index in [-0.39, 0.29) is 0 Å². The molecule has 2 aromatic rings. The summed E-state index contributed by atoms with van der Waals surface area (Å²) >= 11 is 1.47. The van der Waals surface area contributed by atoms with Crippen molar-refractivity contribution >= 4 is 11.8 Å². The predicted octanol–water partition coefficient (Wildman–Crippen LogP) is 0.820. The van der Waals surface area contributed by atoms with Crippen molar-refractivity contribution in [2.24, 2.45) is 12.8 Å². The van der Waals surface area contributed by atoms with Gasteiger partial charge in [-0.05, 0) is 23.9 Å². The molecule has 0 atom stereocenters. The molecule has 0 saturated carbocycles. The Labute approximate surface area is 91.7 Å². The van der Waals surface area contributed by atoms with Gasteiger partial charge >= 0.3 is 0 Å². The first-order valence-corrected chi connectivity index (χ1v) is 5.29. The van der Waals surface area contributed by atoms with Crippen LogP contribution < -0.4 is 5.73 Å². The van der Waals surface area contributed by atoms with Crippen molar-refractivity contribution in [2.75, 3.05) is 0 Å². The first-order valence-electron chi connectivity index (χ1n) is 4.47. The van der Waals surface area contributed by atoms with Crippen LogP contribution in [-0.4, -0.2) is 19.7 Å². The number of pyridine rings is 1. The molecule has 2 aromatic heterocycles. The van der Waals surface area contributed by atoms with Gasteiger partial charge in [0.25, 0.3) is 0 Å². The van der Waals surface area contributed by atoms with Gasteiger partial charge in [0.05, 0.1) is 5.69 Å². The van der Waals surface area contributed by atoms with E-state index in [9.17, 15) is 0 Å². The number of nitrogens with zero attached hydrogens (tertiary/aromatic N) is 4. The molecule has 0 aromatic carbocycles. The van der Waals surface area contributed by atoms with Crippen molar-refractivity contribution in [1.29, 1.82) is 0 Å². The normalized spacial score (nSPS) is 10.5. The van der Waals surface area contributed by atoms with E-state index in [1.54, 1.807) is 6.33 Å². The average molecular weight is 221 g/mol. The van der Waals surface area contributed by atoms with E-state index in [0.29, 0.717) is 6.54 Å². The van der Waals surface area contributed by atoms with Crippen LogP contribution in [0.15, 0.2) is 34.7 Å². The minimum absolute atomic E-state index is 0.452. The van der Waals surface area contributed by atoms with Crippen LogP contribution in [0.3, 0.4) is 0 Å². The molecule has 0 aliphatic heterocycles. The van der Waals surface area contributed by atoms with Gasteiger partial charge in [0.2, 0.25) is 0 Å². The monoisotopic (exact) mass is 221 g/mol. The Morgan fingerprint density at radius 3 is 3.00 bits per heavy atom. The number of aryl methyl sites for hydroxylation is 1. The molecule has 0 radical (unpaired) electrons. The van der Waals surface area contributed by atoms with Gasteiger partial charge in [0.1, 0.15) is 11.4 Å². The summed E-state index contributed by atoms with van der Waals surface area (Å²) in [5, 5.41) is 9.47. The maximum Gasteiger partial charge on any atom is 0.197 e. The Morgan fingerprint density at radius 2 is 2.33 bits per heavy atom. The number of nitrogens with two attached hydrogens (primary N) is 1. The second-order valence-electron chi connectivity index (χ2n) is 3.00. The highest BCUT2D eigenvalue weighted by Gasteiger charge is 2.04. The van der Waals surface area contributed by atoms with Gasteiger partial charge in [-0.25, -0.2) is 4.98 Å². The molecule has 2 N–H and O–H groups in total. The van der Waals surface area contributed by atoms with Crippen molar-refractivity contribution < 1.29 is 0 Å². The van der Waals surface area contributed by atoms with Crippen molar-refractivity contribution in [3.8, 4) is 0 Å². The van der Waals surface area contributed by atoms with Crippen molar-refractivity contribution in [3.05, 3.63) is 30.2 Å². The van der Waals surface area contributed by atoms with E-state index in [1.807, 2.05) is 29.8 Å². The summed E-state index contributed by atoms with van der Waals surface area (Å²) < 4.78 is 1.85. The Balaban J connectivity index is 2.21. The Hall–Kier alpha value is -1.40. The van der Waals surface area contributed by atoms with Crippen molar-refractivity contribution in [1.82, 2.24) is 19.7 Å². The minimum Gasteiger partial charge on any atom is -0.325 e. The Kier molecular flexibility index (Phi) is 2.98. The number of aromatic nitrogens is 4. The van der Waals surface area contributed by atoms with Crippen LogP contribution >= 0.6 is 11.8 Å². The SMILES string of the molecule is Cn1cnnc1Sc1cccc(CN)n1. The molecule has 0 aliphatic rings. The minimum atomic E-state index is 0.452. The Bertz CT molecular complexity index is 453. The largest absolute Gasteiger partial charge is 0.325 e. The summed E-state index contributed by atoms with van der Waals surface area (Å²) in [5.74, 6) is 0. The smallest absolute Gasteiger partial charge is 0.197 e. The second kappa shape index (κ2) is 4.41. The highest BCUT2D eigenvalue weighted by atomic mass is 32.2. The zero-order valence-electron chi connectivity index (χ0n) is 8.29. The summed E-state index contributed by atoms with van der Waals surface area (Å²) in [6, 6.07) is 5.77. The lowest BCUT2D eigenvalue weighted by molar-refractivity contribution is 0.786. The van der Waals surface area contributed by atoms with Gasteiger partial charge in [-0.1, -0.05) is 6.07 Å². The average Bonchev–Trinajstić information content (AvgIpc) is 2.65. The lowest BCUT2D eigenvalue weighted by Gasteiger charge is -2.01. The third-order valence-electron chi connectivity index (χ3n) is 1.86. The zero-order valence-corrected chi connectivity index (χ0v) is 9.11. The number of rotatable bonds is 3. The molecule has 15 heavy (non-hydrogen) atoms. The van der Waals surface area contributed by atoms with E-state index in [1.165, 1.54) is 11.8 Å². The van der Waals surface area contributed by atoms with Crippen LogP contribution in [0.2, 0.25) is 0 Å². The molecule has 0 bridgehead atoms. The summed E-state index contributed by atoms with van der Waals surface area (Å²) in [6.07, 6.45) is 1.66. The van der Waals surface area contributed by atoms with Gasteiger partial charge in [-0.3, -0.25) is 0 Å². The quantitative estimate of drug-likeness (QED) is 0.831. The molecule has 0 unspecified atom stereocenters. The molecular formula is C9H11N5S. The molecule has 78 valence electrons. The lowest BCUT2D eigenvalue weighted by atomic mass is 10.4. The van der Waals surface area contributed by atoms with E-state index in [0.717, 1.165) is 15.9 Å². The van der Waals surface area contributed by atoms with E-state index >= 15 is 0 Å². The van der Waals surface area contributed by atoms with Crippen LogP contribution in [0.4, 0.5) is 0 Å². The molecule has 0 saturated heterocycles. The van der Waals surface area contributed by atoms with Crippen molar-refractivity contribution in [2.45, 2.75) is 16.7 Å². The van der Waals surface area contributed by atoms with Crippen LogP contribution in [-0.2, 0) is 13.6 Å². The number of hydrogen-bond acceptors (Lipinski definition) is 5. The summed E-state index contributed by atoms with van der Waals surface area (Å²) in [5.41, 5.74) is 6.39. The van der Waals surface area contributed by atoms with E-state index in [4.69, 9.17) is 5.73 Å². The van der Waals surface area contributed by atoms with E-state index in [2.05, 4.69) is 15.2 Å². The number of hydrogen-bond donors (Lipinski definition) is 1. The van der Waals surface area contributed by atoms with Gasteiger partial charge < -0.3 is 10.3 Å². The molecule has 0 spiro atoms. The summed E-state index contributed by atoms with van der Waals surface area (Å²) in [7, 11) is 1.90. The molecule has 2 rings (SSSR count). The summed E-state index contributed by atoms with van der Waals surface area (Å²) in [6.45, 7) is 0.452. The second-order valence-corrected chi connectivity index (χ2v) is 3.99. The highest BCUT2D eigenvalue weighted by molar-refractivity contribution is 7.99. The molecule has 2 heterocycles. The maximum atomic E-state index is 5.52. The topological polar surface area (TPSA) is 69.6 Å². The standard InChI is InChI=1S/C9H11N5S/c1-14-6-11-13-9(14)15-8-4-2-3-7(5-10)12-8/h2-4,6H,5,10H2,1H3. The third kappa shape index (κ3) is 2.34. The van der Waals surface area contributed by atoms with Crippen LogP contribution in [0, 0.1) is 0 Å². The Morgan fingerprint density at radius 1 is 1.47 bits per heavy atom. The predicted molar refractivity (Wildman–Crippen MR) is 57.3 cm³/mol. The molecule has 5 nitrogen and oxygen atoms in total. The third-order valence-corrected chi connectivity index (χ3v) is 2.84. The van der Waals surface area contributed by atoms with Gasteiger partial charge in [-0.2, -0.15) is 0 Å². The van der Waals surface area contributed by atoms with Crippen LogP contribution in [0.25, 0.3) is 0 Å². The maximum absolute atomic E-state index is 5.52. The molecule has 0 amide bonds. The van der Waals surface area contributed by atoms with E-state index < -0.39 is 0 Å². The van der Waals surface area contributed by atoms with Gasteiger partial charge in [0, 0.05) is 13.6 Å². The fraction of sp³-hybridized carbons (Fsp3) is 0.222. The first-order chi connectivity index (χ1) is 7.29. The first kappa shape index (κ1) is 10.1. The molecule has 6 heteroatoms. The lowest BCUT2D eigenvalue weighted by Crippen LogP contribution is -1.99. The van der Waals surface area contributed by atoms with Crippen LogP contribution in [0.5, 0.6) is 0 Å². The highest BCUT2D eigenvalue weighted by Crippen LogP contribution is 2.22. The summed E-state index contributed by atoms with van der Waals surface area (Å²) in [4.78, 5) is 4.36. The van der Waals surface area contributed by atoms with Gasteiger partial charge in [0.15, 0.2) is 5.16 Å². The molecule has 0 fully saturated rings.